The first-order chi connectivity index (χ1) is 12.6. The Bertz CT molecular complexity index is 671. The van der Waals surface area contributed by atoms with Gasteiger partial charge in [0.1, 0.15) is 0 Å². The molecule has 1 aromatic carbocycles. The number of halogens is 1. The number of piperidine rings is 1. The summed E-state index contributed by atoms with van der Waals surface area (Å²) < 4.78 is 0. The molecule has 0 spiro atoms. The van der Waals surface area contributed by atoms with Crippen LogP contribution in [0.4, 0.5) is 5.69 Å². The van der Waals surface area contributed by atoms with Gasteiger partial charge in [0.2, 0.25) is 11.8 Å². The van der Waals surface area contributed by atoms with Crippen LogP contribution in [-0.2, 0) is 9.59 Å². The van der Waals surface area contributed by atoms with Gasteiger partial charge in [-0.3, -0.25) is 9.59 Å². The van der Waals surface area contributed by atoms with Gasteiger partial charge in [0, 0.05) is 45.2 Å². The minimum Gasteiger partial charge on any atom is -0.368 e. The van der Waals surface area contributed by atoms with E-state index < -0.39 is 0 Å². The summed E-state index contributed by atoms with van der Waals surface area (Å²) in [4.78, 5) is 30.6. The second-order valence-electron chi connectivity index (χ2n) is 6.92. The first-order valence-electron chi connectivity index (χ1n) is 9.29. The van der Waals surface area contributed by atoms with Crippen LogP contribution >= 0.6 is 11.6 Å². The number of benzene rings is 1. The van der Waals surface area contributed by atoms with E-state index in [0.717, 1.165) is 56.2 Å². The molecule has 0 saturated carbocycles. The van der Waals surface area contributed by atoms with Crippen molar-refractivity contribution in [2.75, 3.05) is 44.2 Å². The SMILES string of the molecule is C=CC(=O)N1CCC(C(=O)N2CCCN(c3ccccc3Cl)CC2)CC1. The highest BCUT2D eigenvalue weighted by molar-refractivity contribution is 6.33. The number of hydrogen-bond acceptors (Lipinski definition) is 3. The molecule has 0 N–H and O–H groups in total. The average molecular weight is 376 g/mol. The fourth-order valence-electron chi connectivity index (χ4n) is 3.82. The van der Waals surface area contributed by atoms with Gasteiger partial charge in [-0.2, -0.15) is 0 Å². The molecular weight excluding hydrogens is 350 g/mol. The van der Waals surface area contributed by atoms with E-state index in [1.54, 1.807) is 4.90 Å². The lowest BCUT2D eigenvalue weighted by Crippen LogP contribution is -2.45. The molecule has 0 bridgehead atoms. The first-order valence-corrected chi connectivity index (χ1v) is 9.67. The summed E-state index contributed by atoms with van der Waals surface area (Å²) >= 11 is 6.32. The van der Waals surface area contributed by atoms with Gasteiger partial charge >= 0.3 is 0 Å². The summed E-state index contributed by atoms with van der Waals surface area (Å²) in [6, 6.07) is 7.87. The zero-order chi connectivity index (χ0) is 18.5. The Morgan fingerprint density at radius 2 is 1.73 bits per heavy atom. The summed E-state index contributed by atoms with van der Waals surface area (Å²) in [5, 5.41) is 0.756. The predicted molar refractivity (Wildman–Crippen MR) is 104 cm³/mol. The van der Waals surface area contributed by atoms with Crippen molar-refractivity contribution in [1.29, 1.82) is 0 Å². The van der Waals surface area contributed by atoms with Crippen molar-refractivity contribution in [2.45, 2.75) is 19.3 Å². The standard InChI is InChI=1S/C20H26ClN3O2/c1-2-19(25)23-12-8-16(9-13-23)20(26)24-11-5-10-22(14-15-24)18-7-4-3-6-17(18)21/h2-4,6-7,16H,1,5,8-15H2. The lowest BCUT2D eigenvalue weighted by atomic mass is 9.95. The Balaban J connectivity index is 1.56. The second-order valence-corrected chi connectivity index (χ2v) is 7.33. The first kappa shape index (κ1) is 18.8. The molecule has 0 aliphatic carbocycles. The van der Waals surface area contributed by atoms with E-state index in [4.69, 9.17) is 11.6 Å². The summed E-state index contributed by atoms with van der Waals surface area (Å²) in [6.07, 6.45) is 3.76. The largest absolute Gasteiger partial charge is 0.368 e. The zero-order valence-corrected chi connectivity index (χ0v) is 15.8. The summed E-state index contributed by atoms with van der Waals surface area (Å²) in [5.74, 6) is 0.216. The van der Waals surface area contributed by atoms with Gasteiger partial charge in [-0.05, 0) is 37.5 Å². The molecule has 2 fully saturated rings. The smallest absolute Gasteiger partial charge is 0.245 e. The average Bonchev–Trinajstić information content (AvgIpc) is 2.93. The van der Waals surface area contributed by atoms with Crippen LogP contribution in [-0.4, -0.2) is 60.9 Å². The van der Waals surface area contributed by atoms with E-state index >= 15 is 0 Å². The third kappa shape index (κ3) is 4.21. The van der Waals surface area contributed by atoms with Gasteiger partial charge in [0.05, 0.1) is 10.7 Å². The third-order valence-corrected chi connectivity index (χ3v) is 5.65. The van der Waals surface area contributed by atoms with Gasteiger partial charge in [-0.25, -0.2) is 0 Å². The van der Waals surface area contributed by atoms with Crippen molar-refractivity contribution in [2.24, 2.45) is 5.92 Å². The highest BCUT2D eigenvalue weighted by Crippen LogP contribution is 2.27. The zero-order valence-electron chi connectivity index (χ0n) is 15.1. The molecule has 1 aromatic rings. The van der Waals surface area contributed by atoms with Crippen LogP contribution in [0.25, 0.3) is 0 Å². The lowest BCUT2D eigenvalue weighted by molar-refractivity contribution is -0.139. The quantitative estimate of drug-likeness (QED) is 0.763. The van der Waals surface area contributed by atoms with Gasteiger partial charge in [0.25, 0.3) is 0 Å². The Kier molecular flexibility index (Phi) is 6.20. The van der Waals surface area contributed by atoms with Crippen LogP contribution in [0.5, 0.6) is 0 Å². The van der Waals surface area contributed by atoms with Gasteiger partial charge < -0.3 is 14.7 Å². The van der Waals surface area contributed by atoms with E-state index in [9.17, 15) is 9.59 Å². The van der Waals surface area contributed by atoms with Crippen molar-refractivity contribution < 1.29 is 9.59 Å². The van der Waals surface area contributed by atoms with Crippen molar-refractivity contribution in [3.8, 4) is 0 Å². The van der Waals surface area contributed by atoms with E-state index in [-0.39, 0.29) is 17.7 Å². The van der Waals surface area contributed by atoms with E-state index in [0.29, 0.717) is 13.1 Å². The highest BCUT2D eigenvalue weighted by Gasteiger charge is 2.30. The maximum Gasteiger partial charge on any atom is 0.245 e. The molecule has 2 amide bonds. The van der Waals surface area contributed by atoms with Crippen LogP contribution in [0.3, 0.4) is 0 Å². The Morgan fingerprint density at radius 1 is 1.00 bits per heavy atom. The van der Waals surface area contributed by atoms with Crippen molar-refractivity contribution in [3.63, 3.8) is 0 Å². The van der Waals surface area contributed by atoms with Crippen LogP contribution in [0.15, 0.2) is 36.9 Å². The van der Waals surface area contributed by atoms with Crippen LogP contribution in [0.2, 0.25) is 5.02 Å². The van der Waals surface area contributed by atoms with Gasteiger partial charge in [-0.1, -0.05) is 30.3 Å². The van der Waals surface area contributed by atoms with E-state index in [1.165, 1.54) is 6.08 Å². The van der Waals surface area contributed by atoms with Gasteiger partial charge in [0.15, 0.2) is 0 Å². The maximum absolute atomic E-state index is 12.9. The Morgan fingerprint density at radius 3 is 2.42 bits per heavy atom. The minimum absolute atomic E-state index is 0.0238. The van der Waals surface area contributed by atoms with Crippen LogP contribution in [0, 0.1) is 5.92 Å². The summed E-state index contributed by atoms with van der Waals surface area (Å²) in [7, 11) is 0. The molecule has 2 saturated heterocycles. The topological polar surface area (TPSA) is 43.9 Å². The molecule has 3 rings (SSSR count). The fourth-order valence-corrected chi connectivity index (χ4v) is 4.08. The number of rotatable bonds is 3. The summed E-state index contributed by atoms with van der Waals surface area (Å²) in [5.41, 5.74) is 1.04. The predicted octanol–water partition coefficient (Wildman–Crippen LogP) is 2.80. The maximum atomic E-state index is 12.9. The normalized spacial score (nSPS) is 19.2. The number of likely N-dealkylation sites (tertiary alicyclic amines) is 1. The summed E-state index contributed by atoms with van der Waals surface area (Å²) in [6.45, 7) is 8.01. The van der Waals surface area contributed by atoms with Gasteiger partial charge in [-0.15, -0.1) is 0 Å². The lowest BCUT2D eigenvalue weighted by Gasteiger charge is -2.33. The molecule has 0 atom stereocenters. The molecule has 2 aliphatic heterocycles. The number of nitrogens with zero attached hydrogens (tertiary/aromatic N) is 3. The number of carbonyl (C=O) groups excluding carboxylic acids is 2. The molecule has 0 unspecified atom stereocenters. The molecule has 140 valence electrons. The molecule has 0 aromatic heterocycles. The molecule has 6 heteroatoms. The molecule has 5 nitrogen and oxygen atoms in total. The molecule has 2 heterocycles. The minimum atomic E-state index is -0.0407. The second kappa shape index (κ2) is 8.58. The van der Waals surface area contributed by atoms with Crippen molar-refractivity contribution in [3.05, 3.63) is 41.9 Å². The number of para-hydroxylation sites is 1. The molecule has 26 heavy (non-hydrogen) atoms. The number of hydrogen-bond donors (Lipinski definition) is 0. The molecular formula is C20H26ClN3O2. The highest BCUT2D eigenvalue weighted by atomic mass is 35.5. The number of carbonyl (C=O) groups is 2. The Hall–Kier alpha value is -2.01. The molecule has 2 aliphatic rings. The molecule has 0 radical (unpaired) electrons. The van der Waals surface area contributed by atoms with Crippen LogP contribution < -0.4 is 4.90 Å². The number of anilines is 1. The number of amides is 2. The van der Waals surface area contributed by atoms with Crippen molar-refractivity contribution in [1.82, 2.24) is 9.80 Å². The van der Waals surface area contributed by atoms with E-state index in [2.05, 4.69) is 11.5 Å². The van der Waals surface area contributed by atoms with E-state index in [1.807, 2.05) is 29.2 Å². The Labute approximate surface area is 160 Å². The fraction of sp³-hybridized carbons (Fsp3) is 0.500. The van der Waals surface area contributed by atoms with Crippen molar-refractivity contribution >= 4 is 29.1 Å². The monoisotopic (exact) mass is 375 g/mol. The third-order valence-electron chi connectivity index (χ3n) is 5.33. The van der Waals surface area contributed by atoms with Crippen LogP contribution in [0.1, 0.15) is 19.3 Å².